The zero-order chi connectivity index (χ0) is 21.9. The summed E-state index contributed by atoms with van der Waals surface area (Å²) in [5.74, 6) is -0.180. The van der Waals surface area contributed by atoms with Gasteiger partial charge in [-0.1, -0.05) is 60.7 Å². The fourth-order valence-corrected chi connectivity index (χ4v) is 3.01. The molecular formula is C26H23FN2O2. The highest BCUT2D eigenvalue weighted by molar-refractivity contribution is 6.01. The molecule has 0 radical (unpaired) electrons. The Labute approximate surface area is 181 Å². The molecule has 1 amide bonds. The van der Waals surface area contributed by atoms with Crippen LogP contribution < -0.4 is 10.1 Å². The average Bonchev–Trinajstić information content (AvgIpc) is 2.81. The fourth-order valence-electron chi connectivity index (χ4n) is 3.01. The summed E-state index contributed by atoms with van der Waals surface area (Å²) in [4.78, 5) is 12.4. The van der Waals surface area contributed by atoms with Crippen molar-refractivity contribution in [2.24, 2.45) is 0 Å². The van der Waals surface area contributed by atoms with Crippen LogP contribution in [0.1, 0.15) is 23.1 Å². The molecule has 4 nitrogen and oxygen atoms in total. The second-order valence-electron chi connectivity index (χ2n) is 6.97. The predicted octanol–water partition coefficient (Wildman–Crippen LogP) is 5.06. The van der Waals surface area contributed by atoms with Gasteiger partial charge >= 0.3 is 0 Å². The molecule has 0 unspecified atom stereocenters. The summed E-state index contributed by atoms with van der Waals surface area (Å²) in [6.07, 6.45) is 3.16. The first-order chi connectivity index (χ1) is 15.2. The molecule has 156 valence electrons. The third kappa shape index (κ3) is 6.83. The Morgan fingerprint density at radius 1 is 0.968 bits per heavy atom. The Hall–Kier alpha value is -3.91. The standard InChI is InChI=1S/C26H23FN2O2/c27-24-14-12-21(13-15-24)19-31-25-11-5-4-10-22(25)17-23(18-28)26(30)29-16-6-9-20-7-2-1-3-8-20/h1-5,7-8,10-15,17H,6,9,16,19H2,(H,29,30)/b23-17-. The average molecular weight is 414 g/mol. The Balaban J connectivity index is 1.59. The minimum absolute atomic E-state index is 0.0116. The van der Waals surface area contributed by atoms with Gasteiger partial charge in [-0.25, -0.2) is 4.39 Å². The summed E-state index contributed by atoms with van der Waals surface area (Å²) < 4.78 is 18.9. The number of hydrogen-bond donors (Lipinski definition) is 1. The Kier molecular flexibility index (Phi) is 7.96. The molecule has 0 aliphatic rings. The van der Waals surface area contributed by atoms with Crippen molar-refractivity contribution in [3.63, 3.8) is 0 Å². The van der Waals surface area contributed by atoms with E-state index in [0.29, 0.717) is 17.9 Å². The van der Waals surface area contributed by atoms with Crippen LogP contribution in [0.15, 0.2) is 84.4 Å². The smallest absolute Gasteiger partial charge is 0.261 e. The number of aryl methyl sites for hydroxylation is 1. The first kappa shape index (κ1) is 21.8. The summed E-state index contributed by atoms with van der Waals surface area (Å²) in [5, 5.41) is 12.3. The van der Waals surface area contributed by atoms with Crippen molar-refractivity contribution in [2.45, 2.75) is 19.4 Å². The van der Waals surface area contributed by atoms with Gasteiger partial charge in [0.05, 0.1) is 0 Å². The molecule has 1 N–H and O–H groups in total. The Bertz CT molecular complexity index is 1070. The number of carbonyl (C=O) groups excluding carboxylic acids is 1. The minimum atomic E-state index is -0.413. The molecule has 0 fully saturated rings. The van der Waals surface area contributed by atoms with Gasteiger partial charge in [0.25, 0.3) is 5.91 Å². The summed E-state index contributed by atoms with van der Waals surface area (Å²) in [5.41, 5.74) is 2.66. The molecule has 3 rings (SSSR count). The zero-order valence-electron chi connectivity index (χ0n) is 17.1. The lowest BCUT2D eigenvalue weighted by Crippen LogP contribution is -2.25. The van der Waals surface area contributed by atoms with E-state index in [4.69, 9.17) is 4.74 Å². The number of hydrogen-bond acceptors (Lipinski definition) is 3. The highest BCUT2D eigenvalue weighted by atomic mass is 19.1. The maximum absolute atomic E-state index is 13.1. The van der Waals surface area contributed by atoms with Crippen molar-refractivity contribution in [1.82, 2.24) is 5.32 Å². The molecule has 3 aromatic rings. The number of benzene rings is 3. The quantitative estimate of drug-likeness (QED) is 0.302. The number of halogens is 1. The molecule has 0 saturated heterocycles. The molecule has 0 spiro atoms. The second kappa shape index (κ2) is 11.3. The van der Waals surface area contributed by atoms with Gasteiger partial charge in [0, 0.05) is 12.1 Å². The van der Waals surface area contributed by atoms with E-state index in [9.17, 15) is 14.4 Å². The number of carbonyl (C=O) groups is 1. The maximum atomic E-state index is 13.1. The molecule has 0 heterocycles. The van der Waals surface area contributed by atoms with Gasteiger partial charge in [0.2, 0.25) is 0 Å². The van der Waals surface area contributed by atoms with Crippen LogP contribution in [0, 0.1) is 17.1 Å². The number of nitrogens with zero attached hydrogens (tertiary/aromatic N) is 1. The molecule has 0 atom stereocenters. The van der Waals surface area contributed by atoms with Crippen LogP contribution in [0.25, 0.3) is 6.08 Å². The molecule has 0 aliphatic carbocycles. The number of amides is 1. The van der Waals surface area contributed by atoms with E-state index in [0.717, 1.165) is 18.4 Å². The van der Waals surface area contributed by atoms with E-state index in [1.165, 1.54) is 23.8 Å². The summed E-state index contributed by atoms with van der Waals surface area (Å²) in [7, 11) is 0. The van der Waals surface area contributed by atoms with Gasteiger partial charge in [-0.05, 0) is 48.2 Å². The summed E-state index contributed by atoms with van der Waals surface area (Å²) in [6.45, 7) is 0.730. The molecule has 0 saturated carbocycles. The number of ether oxygens (including phenoxy) is 1. The van der Waals surface area contributed by atoms with E-state index < -0.39 is 5.91 Å². The van der Waals surface area contributed by atoms with Crippen molar-refractivity contribution in [2.75, 3.05) is 6.54 Å². The van der Waals surface area contributed by atoms with Gasteiger partial charge < -0.3 is 10.1 Å². The number of nitrogens with one attached hydrogen (secondary N) is 1. The Morgan fingerprint density at radius 2 is 1.68 bits per heavy atom. The largest absolute Gasteiger partial charge is 0.488 e. The topological polar surface area (TPSA) is 62.1 Å². The molecule has 0 aliphatic heterocycles. The van der Waals surface area contributed by atoms with Gasteiger partial charge in [0.1, 0.15) is 29.8 Å². The van der Waals surface area contributed by atoms with Gasteiger partial charge in [-0.15, -0.1) is 0 Å². The lowest BCUT2D eigenvalue weighted by molar-refractivity contribution is -0.117. The van der Waals surface area contributed by atoms with Crippen molar-refractivity contribution in [1.29, 1.82) is 5.26 Å². The number of nitriles is 1. The maximum Gasteiger partial charge on any atom is 0.261 e. The second-order valence-corrected chi connectivity index (χ2v) is 6.97. The van der Waals surface area contributed by atoms with Crippen molar-refractivity contribution in [3.05, 3.63) is 107 Å². The first-order valence-electron chi connectivity index (χ1n) is 10.1. The van der Waals surface area contributed by atoms with Crippen LogP contribution in [0.3, 0.4) is 0 Å². The zero-order valence-corrected chi connectivity index (χ0v) is 17.1. The van der Waals surface area contributed by atoms with Gasteiger partial charge in [0.15, 0.2) is 0 Å². The van der Waals surface area contributed by atoms with Crippen LogP contribution in [0.5, 0.6) is 5.75 Å². The van der Waals surface area contributed by atoms with Crippen LogP contribution in [-0.4, -0.2) is 12.5 Å². The van der Waals surface area contributed by atoms with E-state index >= 15 is 0 Å². The summed E-state index contributed by atoms with van der Waals surface area (Å²) in [6, 6.07) is 25.2. The first-order valence-corrected chi connectivity index (χ1v) is 10.1. The third-order valence-corrected chi connectivity index (χ3v) is 4.66. The van der Waals surface area contributed by atoms with E-state index in [2.05, 4.69) is 5.32 Å². The fraction of sp³-hybridized carbons (Fsp3) is 0.154. The van der Waals surface area contributed by atoms with E-state index in [-0.39, 0.29) is 18.0 Å². The van der Waals surface area contributed by atoms with Crippen LogP contribution in [-0.2, 0) is 17.8 Å². The highest BCUT2D eigenvalue weighted by Crippen LogP contribution is 2.22. The summed E-state index contributed by atoms with van der Waals surface area (Å²) >= 11 is 0. The van der Waals surface area contributed by atoms with Crippen LogP contribution >= 0.6 is 0 Å². The SMILES string of the molecule is N#C/C(=C/c1ccccc1OCc1ccc(F)cc1)C(=O)NCCCc1ccccc1. The molecule has 5 heteroatoms. The predicted molar refractivity (Wildman–Crippen MR) is 119 cm³/mol. The van der Waals surface area contributed by atoms with Crippen LogP contribution in [0.4, 0.5) is 4.39 Å². The normalized spacial score (nSPS) is 10.9. The van der Waals surface area contributed by atoms with E-state index in [1.807, 2.05) is 48.5 Å². The van der Waals surface area contributed by atoms with Crippen molar-refractivity contribution >= 4 is 12.0 Å². The van der Waals surface area contributed by atoms with Crippen LogP contribution in [0.2, 0.25) is 0 Å². The third-order valence-electron chi connectivity index (χ3n) is 4.66. The molecule has 0 aromatic heterocycles. The molecular weight excluding hydrogens is 391 g/mol. The Morgan fingerprint density at radius 3 is 2.42 bits per heavy atom. The monoisotopic (exact) mass is 414 g/mol. The number of para-hydroxylation sites is 1. The number of rotatable bonds is 9. The minimum Gasteiger partial charge on any atom is -0.488 e. The van der Waals surface area contributed by atoms with Gasteiger partial charge in [-0.2, -0.15) is 5.26 Å². The lowest BCUT2D eigenvalue weighted by atomic mass is 10.1. The molecule has 3 aromatic carbocycles. The van der Waals surface area contributed by atoms with Gasteiger partial charge in [-0.3, -0.25) is 4.79 Å². The van der Waals surface area contributed by atoms with Crippen molar-refractivity contribution in [3.8, 4) is 11.8 Å². The van der Waals surface area contributed by atoms with Crippen molar-refractivity contribution < 1.29 is 13.9 Å². The highest BCUT2D eigenvalue weighted by Gasteiger charge is 2.10. The van der Waals surface area contributed by atoms with E-state index in [1.54, 1.807) is 24.3 Å². The molecule has 31 heavy (non-hydrogen) atoms. The molecule has 0 bridgehead atoms. The lowest BCUT2D eigenvalue weighted by Gasteiger charge is -2.10.